The van der Waals surface area contributed by atoms with Crippen molar-refractivity contribution < 1.29 is 9.84 Å². The predicted molar refractivity (Wildman–Crippen MR) is 110 cm³/mol. The van der Waals surface area contributed by atoms with Gasteiger partial charge in [0.05, 0.1) is 37.4 Å². The van der Waals surface area contributed by atoms with Gasteiger partial charge in [0, 0.05) is 28.4 Å². The molecule has 3 aromatic heterocycles. The fourth-order valence-electron chi connectivity index (χ4n) is 4.91. The van der Waals surface area contributed by atoms with E-state index in [1.165, 1.54) is 16.5 Å². The summed E-state index contributed by atoms with van der Waals surface area (Å²) in [6.45, 7) is 0.799. The van der Waals surface area contributed by atoms with E-state index in [4.69, 9.17) is 4.74 Å². The van der Waals surface area contributed by atoms with Gasteiger partial charge in [0.2, 0.25) is 0 Å². The minimum Gasteiger partial charge on any atom is -0.396 e. The van der Waals surface area contributed by atoms with E-state index in [9.17, 15) is 5.11 Å². The third kappa shape index (κ3) is 3.19. The van der Waals surface area contributed by atoms with Crippen molar-refractivity contribution in [3.05, 3.63) is 57.7 Å². The fraction of sp³-hybridized carbons (Fsp3) is 0.455. The van der Waals surface area contributed by atoms with E-state index in [-0.39, 0.29) is 12.5 Å². The molecule has 2 aliphatic carbocycles. The number of fused-ring (bicyclic) bond motifs is 3. The highest BCUT2D eigenvalue weighted by atomic mass is 32.1. The maximum atomic E-state index is 10.3. The second-order valence-electron chi connectivity index (χ2n) is 7.79. The molecule has 1 atom stereocenters. The Hall–Kier alpha value is -2.02. The van der Waals surface area contributed by atoms with Gasteiger partial charge in [0.15, 0.2) is 0 Å². The number of ether oxygens (including phenoxy) is 1. The maximum Gasteiger partial charge on any atom is 0.118 e. The molecule has 28 heavy (non-hydrogen) atoms. The van der Waals surface area contributed by atoms with Gasteiger partial charge in [-0.05, 0) is 43.6 Å². The lowest BCUT2D eigenvalue weighted by molar-refractivity contribution is 0.00184. The summed E-state index contributed by atoms with van der Waals surface area (Å²) in [6, 6.07) is 0. The Labute approximate surface area is 168 Å². The molecule has 0 aliphatic heterocycles. The molecule has 6 heteroatoms. The van der Waals surface area contributed by atoms with Crippen molar-refractivity contribution in [2.75, 3.05) is 6.61 Å². The zero-order chi connectivity index (χ0) is 18.9. The average Bonchev–Trinajstić information content (AvgIpc) is 3.47. The van der Waals surface area contributed by atoms with Crippen LogP contribution in [0.2, 0.25) is 0 Å². The number of aliphatic hydroxyl groups is 1. The summed E-state index contributed by atoms with van der Waals surface area (Å²) in [6.07, 6.45) is 17.7. The molecule has 0 amide bonds. The van der Waals surface area contributed by atoms with E-state index >= 15 is 0 Å². The minimum atomic E-state index is 0.153. The summed E-state index contributed by atoms with van der Waals surface area (Å²) in [5, 5.41) is 14.7. The molecule has 146 valence electrons. The Kier molecular flexibility index (Phi) is 5.01. The Morgan fingerprint density at radius 1 is 1.29 bits per heavy atom. The molecule has 0 radical (unpaired) electrons. The van der Waals surface area contributed by atoms with Gasteiger partial charge in [-0.2, -0.15) is 0 Å². The molecule has 1 fully saturated rings. The van der Waals surface area contributed by atoms with E-state index in [2.05, 4.69) is 32.6 Å². The molecule has 0 aromatic carbocycles. The molecule has 2 aliphatic rings. The number of allylic oxidation sites excluding steroid dienone is 2. The number of hydrogen-bond donors (Lipinski definition) is 1. The Balaban J connectivity index is 1.33. The van der Waals surface area contributed by atoms with E-state index in [0.717, 1.165) is 42.6 Å². The number of hydrogen-bond acceptors (Lipinski definition) is 5. The smallest absolute Gasteiger partial charge is 0.118 e. The van der Waals surface area contributed by atoms with Crippen molar-refractivity contribution in [2.24, 2.45) is 5.92 Å². The second-order valence-corrected chi connectivity index (χ2v) is 8.77. The normalized spacial score (nSPS) is 22.9. The van der Waals surface area contributed by atoms with Gasteiger partial charge in [0.25, 0.3) is 0 Å². The van der Waals surface area contributed by atoms with E-state index < -0.39 is 0 Å². The van der Waals surface area contributed by atoms with Crippen molar-refractivity contribution >= 4 is 22.9 Å². The monoisotopic (exact) mass is 395 g/mol. The van der Waals surface area contributed by atoms with Crippen LogP contribution in [0.25, 0.3) is 11.6 Å². The number of rotatable bonds is 6. The van der Waals surface area contributed by atoms with Crippen molar-refractivity contribution in [1.82, 2.24) is 14.4 Å². The quantitative estimate of drug-likeness (QED) is 0.696. The third-order valence-corrected chi connectivity index (χ3v) is 7.04. The highest BCUT2D eigenvalue weighted by molar-refractivity contribution is 7.09. The molecular formula is C22H25N3O2S. The van der Waals surface area contributed by atoms with Crippen LogP contribution in [-0.4, -0.2) is 32.2 Å². The zero-order valence-corrected chi connectivity index (χ0v) is 16.6. The van der Waals surface area contributed by atoms with Gasteiger partial charge in [-0.1, -0.05) is 18.2 Å². The predicted octanol–water partition coefficient (Wildman–Crippen LogP) is 3.25. The Morgan fingerprint density at radius 3 is 2.96 bits per heavy atom. The van der Waals surface area contributed by atoms with Crippen LogP contribution in [0, 0.1) is 5.92 Å². The summed E-state index contributed by atoms with van der Waals surface area (Å²) >= 11 is 1.65. The number of nitrogens with zero attached hydrogens (tertiary/aromatic N) is 3. The molecule has 1 saturated carbocycles. The number of aliphatic hydroxyl groups excluding tert-OH is 1. The SMILES string of the molecule is OCC(c1c2c(c3cncn13)=CC=CC2)C1CCC(OCc2nccs2)CC1. The van der Waals surface area contributed by atoms with Crippen LogP contribution in [0.15, 0.2) is 36.3 Å². The van der Waals surface area contributed by atoms with Gasteiger partial charge in [-0.15, -0.1) is 11.3 Å². The second kappa shape index (κ2) is 7.78. The maximum absolute atomic E-state index is 10.3. The lowest BCUT2D eigenvalue weighted by atomic mass is 9.76. The van der Waals surface area contributed by atoms with Gasteiger partial charge in [-0.25, -0.2) is 9.97 Å². The molecule has 1 unspecified atom stereocenters. The number of thiazole rings is 1. The molecule has 3 heterocycles. The first kappa shape index (κ1) is 18.0. The van der Waals surface area contributed by atoms with Gasteiger partial charge < -0.3 is 14.2 Å². The summed E-state index contributed by atoms with van der Waals surface area (Å²) in [5.41, 5.74) is 3.78. The summed E-state index contributed by atoms with van der Waals surface area (Å²) in [5.74, 6) is 0.632. The molecule has 5 nitrogen and oxygen atoms in total. The minimum absolute atomic E-state index is 0.153. The largest absolute Gasteiger partial charge is 0.396 e. The van der Waals surface area contributed by atoms with Crippen molar-refractivity contribution in [3.63, 3.8) is 0 Å². The molecule has 0 bridgehead atoms. The molecular weight excluding hydrogens is 370 g/mol. The lowest BCUT2D eigenvalue weighted by Crippen LogP contribution is -2.28. The van der Waals surface area contributed by atoms with Crippen molar-refractivity contribution in [2.45, 2.75) is 50.7 Å². The summed E-state index contributed by atoms with van der Waals surface area (Å²) in [7, 11) is 0. The first-order chi connectivity index (χ1) is 13.8. The fourth-order valence-corrected chi connectivity index (χ4v) is 5.44. The standard InChI is InChI=1S/C22H25N3O2S/c26-12-19(15-5-7-16(8-6-15)27-13-21-24-9-10-28-21)22-18-4-2-1-3-17(18)20-11-23-14-25(20)22/h1-3,9-11,14-16,19,26H,4-8,12-13H2. The van der Waals surface area contributed by atoms with E-state index in [0.29, 0.717) is 18.6 Å². The number of aromatic nitrogens is 3. The van der Waals surface area contributed by atoms with Gasteiger partial charge in [-0.3, -0.25) is 0 Å². The highest BCUT2D eigenvalue weighted by Crippen LogP contribution is 2.38. The van der Waals surface area contributed by atoms with Crippen LogP contribution >= 0.6 is 11.3 Å². The highest BCUT2D eigenvalue weighted by Gasteiger charge is 2.32. The Morgan fingerprint density at radius 2 is 2.18 bits per heavy atom. The Bertz CT molecular complexity index is 1020. The summed E-state index contributed by atoms with van der Waals surface area (Å²) < 4.78 is 8.29. The van der Waals surface area contributed by atoms with Crippen LogP contribution in [0.1, 0.15) is 47.9 Å². The van der Waals surface area contributed by atoms with Gasteiger partial charge >= 0.3 is 0 Å². The van der Waals surface area contributed by atoms with Crippen LogP contribution in [0.5, 0.6) is 0 Å². The number of imidazole rings is 1. The lowest BCUT2D eigenvalue weighted by Gasteiger charge is -2.33. The molecule has 1 N–H and O–H groups in total. The van der Waals surface area contributed by atoms with Crippen LogP contribution < -0.4 is 5.22 Å². The third-order valence-electron chi connectivity index (χ3n) is 6.29. The van der Waals surface area contributed by atoms with Crippen LogP contribution in [0.3, 0.4) is 0 Å². The topological polar surface area (TPSA) is 59.7 Å². The first-order valence-corrected chi connectivity index (χ1v) is 11.0. The molecule has 3 aromatic rings. The molecule has 5 rings (SSSR count). The van der Waals surface area contributed by atoms with Gasteiger partial charge in [0.1, 0.15) is 5.01 Å². The molecule has 0 spiro atoms. The van der Waals surface area contributed by atoms with E-state index in [1.807, 2.05) is 24.1 Å². The van der Waals surface area contributed by atoms with E-state index in [1.54, 1.807) is 11.3 Å². The average molecular weight is 396 g/mol. The van der Waals surface area contributed by atoms with Crippen LogP contribution in [-0.2, 0) is 17.8 Å². The molecule has 0 saturated heterocycles. The van der Waals surface area contributed by atoms with Crippen molar-refractivity contribution in [1.29, 1.82) is 0 Å². The van der Waals surface area contributed by atoms with Crippen LogP contribution in [0.4, 0.5) is 0 Å². The van der Waals surface area contributed by atoms with Crippen molar-refractivity contribution in [3.8, 4) is 0 Å². The zero-order valence-electron chi connectivity index (χ0n) is 15.8. The summed E-state index contributed by atoms with van der Waals surface area (Å²) in [4.78, 5) is 8.66. The first-order valence-electron chi connectivity index (χ1n) is 10.1.